The standard InChI is InChI=1S/C12H24N4O2/c1-5-13-7-11-15-16-12(18-11)14-10(9(3)4)8-17-6-2/h9-10,13H,5-8H2,1-4H3,(H,14,16). The number of aromatic nitrogens is 2. The molecule has 1 aromatic heterocycles. The summed E-state index contributed by atoms with van der Waals surface area (Å²) in [6, 6.07) is 0.638. The van der Waals surface area contributed by atoms with Crippen molar-refractivity contribution in [3.8, 4) is 0 Å². The lowest BCUT2D eigenvalue weighted by Crippen LogP contribution is -2.31. The highest BCUT2D eigenvalue weighted by atomic mass is 16.5. The normalized spacial score (nSPS) is 12.9. The molecule has 1 unspecified atom stereocenters. The number of rotatable bonds is 9. The molecule has 0 saturated heterocycles. The Hall–Kier alpha value is -1.14. The quantitative estimate of drug-likeness (QED) is 0.700. The van der Waals surface area contributed by atoms with Crippen molar-refractivity contribution in [1.82, 2.24) is 15.5 Å². The van der Waals surface area contributed by atoms with Crippen molar-refractivity contribution in [3.05, 3.63) is 5.89 Å². The maximum Gasteiger partial charge on any atom is 0.315 e. The molecule has 0 aliphatic heterocycles. The van der Waals surface area contributed by atoms with Crippen LogP contribution in [0.25, 0.3) is 0 Å². The number of nitrogens with one attached hydrogen (secondary N) is 2. The fourth-order valence-electron chi connectivity index (χ4n) is 1.42. The highest BCUT2D eigenvalue weighted by molar-refractivity contribution is 5.19. The Morgan fingerprint density at radius 1 is 1.28 bits per heavy atom. The lowest BCUT2D eigenvalue weighted by atomic mass is 10.1. The van der Waals surface area contributed by atoms with Gasteiger partial charge in [0.05, 0.1) is 19.2 Å². The lowest BCUT2D eigenvalue weighted by molar-refractivity contribution is 0.126. The van der Waals surface area contributed by atoms with Gasteiger partial charge in [0.2, 0.25) is 5.89 Å². The minimum atomic E-state index is 0.178. The highest BCUT2D eigenvalue weighted by Crippen LogP contribution is 2.12. The third-order valence-corrected chi connectivity index (χ3v) is 2.61. The maximum atomic E-state index is 5.49. The van der Waals surface area contributed by atoms with Crippen LogP contribution in [0.2, 0.25) is 0 Å². The largest absolute Gasteiger partial charge is 0.407 e. The zero-order chi connectivity index (χ0) is 13.4. The van der Waals surface area contributed by atoms with Crippen LogP contribution in [-0.2, 0) is 11.3 Å². The molecule has 0 amide bonds. The summed E-state index contributed by atoms with van der Waals surface area (Å²) in [6.07, 6.45) is 0. The molecular weight excluding hydrogens is 232 g/mol. The van der Waals surface area contributed by atoms with Gasteiger partial charge in [-0.15, -0.1) is 5.10 Å². The molecule has 0 bridgehead atoms. The van der Waals surface area contributed by atoms with Crippen LogP contribution in [0.4, 0.5) is 6.01 Å². The molecule has 1 aromatic rings. The summed E-state index contributed by atoms with van der Waals surface area (Å²) in [5.41, 5.74) is 0. The van der Waals surface area contributed by atoms with E-state index in [-0.39, 0.29) is 6.04 Å². The Kier molecular flexibility index (Phi) is 6.67. The van der Waals surface area contributed by atoms with Gasteiger partial charge in [-0.25, -0.2) is 0 Å². The fraction of sp³-hybridized carbons (Fsp3) is 0.833. The average Bonchev–Trinajstić information content (AvgIpc) is 2.79. The van der Waals surface area contributed by atoms with Gasteiger partial charge in [-0.3, -0.25) is 0 Å². The van der Waals surface area contributed by atoms with Crippen molar-refractivity contribution in [1.29, 1.82) is 0 Å². The molecule has 0 radical (unpaired) electrons. The predicted molar refractivity (Wildman–Crippen MR) is 70.4 cm³/mol. The second-order valence-corrected chi connectivity index (χ2v) is 4.44. The molecule has 1 atom stereocenters. The van der Waals surface area contributed by atoms with Gasteiger partial charge in [-0.05, 0) is 19.4 Å². The van der Waals surface area contributed by atoms with Gasteiger partial charge in [0.25, 0.3) is 0 Å². The summed E-state index contributed by atoms with van der Waals surface area (Å²) in [5.74, 6) is 1.03. The predicted octanol–water partition coefficient (Wildman–Crippen LogP) is 1.65. The van der Waals surface area contributed by atoms with Crippen LogP contribution in [0.15, 0.2) is 4.42 Å². The lowest BCUT2D eigenvalue weighted by Gasteiger charge is -2.20. The summed E-state index contributed by atoms with van der Waals surface area (Å²) in [5, 5.41) is 14.3. The van der Waals surface area contributed by atoms with E-state index in [0.29, 0.717) is 37.6 Å². The molecule has 1 rings (SSSR count). The maximum absolute atomic E-state index is 5.49. The van der Waals surface area contributed by atoms with Crippen molar-refractivity contribution < 1.29 is 9.15 Å². The molecule has 0 saturated carbocycles. The Bertz CT molecular complexity index is 328. The third kappa shape index (κ3) is 5.01. The minimum absolute atomic E-state index is 0.178. The molecule has 104 valence electrons. The van der Waals surface area contributed by atoms with Gasteiger partial charge >= 0.3 is 6.01 Å². The number of anilines is 1. The van der Waals surface area contributed by atoms with Crippen molar-refractivity contribution in [2.45, 2.75) is 40.3 Å². The molecule has 18 heavy (non-hydrogen) atoms. The average molecular weight is 256 g/mol. The highest BCUT2D eigenvalue weighted by Gasteiger charge is 2.16. The first-order valence-corrected chi connectivity index (χ1v) is 6.54. The monoisotopic (exact) mass is 256 g/mol. The molecule has 2 N–H and O–H groups in total. The molecule has 0 spiro atoms. The van der Waals surface area contributed by atoms with Crippen LogP contribution < -0.4 is 10.6 Å². The first-order chi connectivity index (χ1) is 8.67. The molecular formula is C12H24N4O2. The van der Waals surface area contributed by atoms with E-state index in [0.717, 1.165) is 6.54 Å². The van der Waals surface area contributed by atoms with Crippen LogP contribution in [0.5, 0.6) is 0 Å². The van der Waals surface area contributed by atoms with Crippen molar-refractivity contribution >= 4 is 6.01 Å². The van der Waals surface area contributed by atoms with E-state index >= 15 is 0 Å². The van der Waals surface area contributed by atoms with Crippen molar-refractivity contribution in [2.75, 3.05) is 25.1 Å². The molecule has 0 aromatic carbocycles. The van der Waals surface area contributed by atoms with Gasteiger partial charge in [0, 0.05) is 6.61 Å². The number of ether oxygens (including phenoxy) is 1. The topological polar surface area (TPSA) is 72.2 Å². The smallest absolute Gasteiger partial charge is 0.315 e. The van der Waals surface area contributed by atoms with E-state index < -0.39 is 0 Å². The molecule has 6 heteroatoms. The zero-order valence-corrected chi connectivity index (χ0v) is 11.7. The van der Waals surface area contributed by atoms with Crippen molar-refractivity contribution in [3.63, 3.8) is 0 Å². The third-order valence-electron chi connectivity index (χ3n) is 2.61. The van der Waals surface area contributed by atoms with Gasteiger partial charge in [-0.1, -0.05) is 25.9 Å². The van der Waals surface area contributed by atoms with Crippen LogP contribution in [0.3, 0.4) is 0 Å². The molecule has 6 nitrogen and oxygen atoms in total. The minimum Gasteiger partial charge on any atom is -0.407 e. The Labute approximate surface area is 108 Å². The van der Waals surface area contributed by atoms with E-state index in [9.17, 15) is 0 Å². The molecule has 0 fully saturated rings. The number of hydrogen-bond acceptors (Lipinski definition) is 6. The summed E-state index contributed by atoms with van der Waals surface area (Å²) in [7, 11) is 0. The Balaban J connectivity index is 2.49. The van der Waals surface area contributed by atoms with Gasteiger partial charge in [-0.2, -0.15) is 0 Å². The van der Waals surface area contributed by atoms with Crippen LogP contribution in [-0.4, -0.2) is 36.0 Å². The van der Waals surface area contributed by atoms with Gasteiger partial charge in [0.1, 0.15) is 0 Å². The second kappa shape index (κ2) is 8.05. The number of hydrogen-bond donors (Lipinski definition) is 2. The summed E-state index contributed by atoms with van der Waals surface area (Å²) in [4.78, 5) is 0. The molecule has 0 aliphatic carbocycles. The van der Waals surface area contributed by atoms with E-state index in [2.05, 4.69) is 34.7 Å². The first-order valence-electron chi connectivity index (χ1n) is 6.54. The van der Waals surface area contributed by atoms with Crippen molar-refractivity contribution in [2.24, 2.45) is 5.92 Å². The van der Waals surface area contributed by atoms with Crippen LogP contribution in [0, 0.1) is 5.92 Å². The summed E-state index contributed by atoms with van der Waals surface area (Å²) < 4.78 is 10.9. The first kappa shape index (κ1) is 14.9. The van der Waals surface area contributed by atoms with E-state index in [4.69, 9.17) is 9.15 Å². The zero-order valence-electron chi connectivity index (χ0n) is 11.7. The van der Waals surface area contributed by atoms with E-state index in [1.54, 1.807) is 0 Å². The molecule has 1 heterocycles. The molecule has 0 aliphatic rings. The van der Waals surface area contributed by atoms with Crippen LogP contribution in [0.1, 0.15) is 33.6 Å². The van der Waals surface area contributed by atoms with Gasteiger partial charge in [0.15, 0.2) is 0 Å². The SMILES string of the molecule is CCNCc1nnc(NC(COCC)C(C)C)o1. The summed E-state index contributed by atoms with van der Waals surface area (Å²) >= 11 is 0. The van der Waals surface area contributed by atoms with Gasteiger partial charge < -0.3 is 19.8 Å². The number of nitrogens with zero attached hydrogens (tertiary/aromatic N) is 2. The van der Waals surface area contributed by atoms with E-state index in [1.807, 2.05) is 13.8 Å². The Morgan fingerprint density at radius 3 is 2.67 bits per heavy atom. The van der Waals surface area contributed by atoms with E-state index in [1.165, 1.54) is 0 Å². The second-order valence-electron chi connectivity index (χ2n) is 4.44. The Morgan fingerprint density at radius 2 is 2.06 bits per heavy atom. The van der Waals surface area contributed by atoms with Crippen LogP contribution >= 0.6 is 0 Å². The fourth-order valence-corrected chi connectivity index (χ4v) is 1.42. The summed E-state index contributed by atoms with van der Waals surface area (Å²) in [6.45, 7) is 11.1.